The number of hydrogen-bond acceptors (Lipinski definition) is 4. The molecule has 1 atom stereocenters. The van der Waals surface area contributed by atoms with Crippen LogP contribution in [0.2, 0.25) is 0 Å². The van der Waals surface area contributed by atoms with Gasteiger partial charge in [0, 0.05) is 12.3 Å². The monoisotopic (exact) mass is 337 g/mol. The number of hydrogen-bond donors (Lipinski definition) is 2. The molecule has 0 bridgehead atoms. The van der Waals surface area contributed by atoms with Crippen LogP contribution in [0.4, 0.5) is 5.69 Å². The summed E-state index contributed by atoms with van der Waals surface area (Å²) >= 11 is 0. The van der Waals surface area contributed by atoms with Crippen molar-refractivity contribution in [2.75, 3.05) is 18.5 Å². The molecule has 0 aromatic heterocycles. The molecule has 1 aromatic rings. The number of carbonyl (C=O) groups excluding carboxylic acids is 1. The van der Waals surface area contributed by atoms with E-state index in [0.717, 1.165) is 19.3 Å². The third-order valence-electron chi connectivity index (χ3n) is 3.59. The van der Waals surface area contributed by atoms with Gasteiger partial charge in [0.05, 0.1) is 0 Å². The molecule has 0 aliphatic heterocycles. The van der Waals surface area contributed by atoms with Crippen molar-refractivity contribution >= 4 is 17.6 Å². The summed E-state index contributed by atoms with van der Waals surface area (Å²) in [6.45, 7) is 6.04. The molecule has 134 valence electrons. The number of nitrogens with one attached hydrogen (secondary N) is 1. The Bertz CT molecular complexity index is 519. The molecule has 0 saturated heterocycles. The van der Waals surface area contributed by atoms with Gasteiger partial charge in [0.25, 0.3) is 5.91 Å². The average Bonchev–Trinajstić information content (AvgIpc) is 2.57. The number of ether oxygens (including phenoxy) is 2. The maximum Gasteiger partial charge on any atom is 0.341 e. The Labute approximate surface area is 143 Å². The highest BCUT2D eigenvalue weighted by Gasteiger charge is 2.33. The Morgan fingerprint density at radius 3 is 2.38 bits per heavy atom. The third-order valence-corrected chi connectivity index (χ3v) is 3.59. The standard InChI is InChI=1S/C18H27NO5/c1-4-6-11-18(3,24-12-5-2)17(22)19-14-7-9-15(10-8-14)23-13-16(20)21/h7-10H,4-6,11-13H2,1-3H3,(H,19,22)(H,20,21). The molecule has 1 unspecified atom stereocenters. The largest absolute Gasteiger partial charge is 0.482 e. The predicted molar refractivity (Wildman–Crippen MR) is 92.4 cm³/mol. The maximum atomic E-state index is 12.6. The summed E-state index contributed by atoms with van der Waals surface area (Å²) in [6, 6.07) is 6.59. The van der Waals surface area contributed by atoms with Gasteiger partial charge in [0.2, 0.25) is 0 Å². The van der Waals surface area contributed by atoms with Gasteiger partial charge in [-0.25, -0.2) is 4.79 Å². The van der Waals surface area contributed by atoms with Crippen molar-refractivity contribution in [3.8, 4) is 5.75 Å². The number of carbonyl (C=O) groups is 2. The molecule has 0 aliphatic rings. The van der Waals surface area contributed by atoms with Crippen molar-refractivity contribution in [3.05, 3.63) is 24.3 Å². The van der Waals surface area contributed by atoms with Crippen molar-refractivity contribution in [3.63, 3.8) is 0 Å². The Hall–Kier alpha value is -2.08. The topological polar surface area (TPSA) is 84.9 Å². The second-order valence-electron chi connectivity index (χ2n) is 5.84. The molecule has 6 nitrogen and oxygen atoms in total. The summed E-state index contributed by atoms with van der Waals surface area (Å²) in [5.41, 5.74) is -0.240. The van der Waals surface area contributed by atoms with Gasteiger partial charge in [-0.3, -0.25) is 4.79 Å². The SMILES string of the molecule is CCCCC(C)(OCCC)C(=O)Nc1ccc(OCC(=O)O)cc1. The molecule has 0 aliphatic carbocycles. The Morgan fingerprint density at radius 2 is 1.83 bits per heavy atom. The molecule has 1 rings (SSSR count). The summed E-state index contributed by atoms with van der Waals surface area (Å²) in [5.74, 6) is -0.776. The van der Waals surface area contributed by atoms with E-state index in [1.54, 1.807) is 24.3 Å². The van der Waals surface area contributed by atoms with Crippen molar-refractivity contribution in [2.24, 2.45) is 0 Å². The summed E-state index contributed by atoms with van der Waals surface area (Å²) in [5, 5.41) is 11.4. The second kappa shape index (κ2) is 9.93. The summed E-state index contributed by atoms with van der Waals surface area (Å²) in [7, 11) is 0. The Morgan fingerprint density at radius 1 is 1.17 bits per heavy atom. The van der Waals surface area contributed by atoms with Crippen molar-refractivity contribution in [1.82, 2.24) is 0 Å². The number of anilines is 1. The van der Waals surface area contributed by atoms with Crippen LogP contribution in [-0.4, -0.2) is 35.8 Å². The van der Waals surface area contributed by atoms with E-state index >= 15 is 0 Å². The molecule has 1 aromatic carbocycles. The van der Waals surface area contributed by atoms with E-state index in [0.29, 0.717) is 24.5 Å². The number of rotatable bonds is 11. The zero-order valence-electron chi connectivity index (χ0n) is 14.6. The van der Waals surface area contributed by atoms with E-state index in [-0.39, 0.29) is 5.91 Å². The van der Waals surface area contributed by atoms with Gasteiger partial charge in [-0.15, -0.1) is 0 Å². The molecule has 6 heteroatoms. The molecule has 0 saturated carbocycles. The van der Waals surface area contributed by atoms with Gasteiger partial charge in [-0.05, 0) is 44.0 Å². The Kier molecular flexibility index (Phi) is 8.26. The second-order valence-corrected chi connectivity index (χ2v) is 5.84. The predicted octanol–water partition coefficient (Wildman–Crippen LogP) is 3.46. The zero-order valence-corrected chi connectivity index (χ0v) is 14.6. The van der Waals surface area contributed by atoms with Gasteiger partial charge in [-0.2, -0.15) is 0 Å². The first-order valence-corrected chi connectivity index (χ1v) is 8.31. The van der Waals surface area contributed by atoms with Gasteiger partial charge in [0.15, 0.2) is 6.61 Å². The molecule has 0 heterocycles. The van der Waals surface area contributed by atoms with Crippen LogP contribution in [0.15, 0.2) is 24.3 Å². The number of aliphatic carboxylic acids is 1. The fraction of sp³-hybridized carbons (Fsp3) is 0.556. The summed E-state index contributed by atoms with van der Waals surface area (Å²) < 4.78 is 10.9. The Balaban J connectivity index is 2.70. The van der Waals surface area contributed by atoms with E-state index in [1.807, 2.05) is 13.8 Å². The molecule has 0 spiro atoms. The van der Waals surface area contributed by atoms with Gasteiger partial charge >= 0.3 is 5.97 Å². The summed E-state index contributed by atoms with van der Waals surface area (Å²) in [6.07, 6.45) is 3.42. The van der Waals surface area contributed by atoms with Crippen molar-refractivity contribution in [1.29, 1.82) is 0 Å². The molecule has 1 amide bonds. The molecule has 2 N–H and O–H groups in total. The minimum absolute atomic E-state index is 0.177. The van der Waals surface area contributed by atoms with Crippen LogP contribution in [0.5, 0.6) is 5.75 Å². The van der Waals surface area contributed by atoms with Crippen LogP contribution < -0.4 is 10.1 Å². The fourth-order valence-electron chi connectivity index (χ4n) is 2.14. The molecule has 0 fully saturated rings. The van der Waals surface area contributed by atoms with E-state index in [2.05, 4.69) is 12.2 Å². The van der Waals surface area contributed by atoms with E-state index in [9.17, 15) is 9.59 Å². The number of amides is 1. The molecule has 0 radical (unpaired) electrons. The third kappa shape index (κ3) is 6.58. The van der Waals surface area contributed by atoms with E-state index in [4.69, 9.17) is 14.6 Å². The number of carboxylic acid groups (broad SMARTS) is 1. The fourth-order valence-corrected chi connectivity index (χ4v) is 2.14. The van der Waals surface area contributed by atoms with Crippen LogP contribution in [0.3, 0.4) is 0 Å². The average molecular weight is 337 g/mol. The lowest BCUT2D eigenvalue weighted by molar-refractivity contribution is -0.140. The molecule has 24 heavy (non-hydrogen) atoms. The number of unbranched alkanes of at least 4 members (excludes halogenated alkanes) is 1. The van der Waals surface area contributed by atoms with Gasteiger partial charge in [0.1, 0.15) is 11.4 Å². The number of benzene rings is 1. The van der Waals surface area contributed by atoms with Crippen LogP contribution in [0.25, 0.3) is 0 Å². The van der Waals surface area contributed by atoms with Gasteiger partial charge < -0.3 is 19.9 Å². The number of carboxylic acids is 1. The molecular weight excluding hydrogens is 310 g/mol. The van der Waals surface area contributed by atoms with E-state index < -0.39 is 18.2 Å². The van der Waals surface area contributed by atoms with Crippen LogP contribution in [-0.2, 0) is 14.3 Å². The summed E-state index contributed by atoms with van der Waals surface area (Å²) in [4.78, 5) is 23.1. The lowest BCUT2D eigenvalue weighted by Gasteiger charge is -2.28. The lowest BCUT2D eigenvalue weighted by atomic mass is 9.97. The van der Waals surface area contributed by atoms with Crippen molar-refractivity contribution in [2.45, 2.75) is 52.1 Å². The van der Waals surface area contributed by atoms with Crippen LogP contribution in [0, 0.1) is 0 Å². The highest BCUT2D eigenvalue weighted by Crippen LogP contribution is 2.23. The zero-order chi connectivity index (χ0) is 18.0. The normalized spacial score (nSPS) is 13.1. The highest BCUT2D eigenvalue weighted by atomic mass is 16.5. The first-order chi connectivity index (χ1) is 11.4. The van der Waals surface area contributed by atoms with Crippen LogP contribution >= 0.6 is 0 Å². The first-order valence-electron chi connectivity index (χ1n) is 8.31. The first kappa shape index (κ1) is 20.0. The minimum atomic E-state index is -1.04. The maximum absolute atomic E-state index is 12.6. The lowest BCUT2D eigenvalue weighted by Crippen LogP contribution is -2.43. The quantitative estimate of drug-likeness (QED) is 0.646. The highest BCUT2D eigenvalue weighted by molar-refractivity contribution is 5.97. The molecular formula is C18H27NO5. The van der Waals surface area contributed by atoms with Gasteiger partial charge in [-0.1, -0.05) is 26.7 Å². The van der Waals surface area contributed by atoms with E-state index in [1.165, 1.54) is 0 Å². The smallest absolute Gasteiger partial charge is 0.341 e. The minimum Gasteiger partial charge on any atom is -0.482 e. The van der Waals surface area contributed by atoms with Crippen molar-refractivity contribution < 1.29 is 24.2 Å². The van der Waals surface area contributed by atoms with Crippen LogP contribution in [0.1, 0.15) is 46.5 Å².